The van der Waals surface area contributed by atoms with E-state index in [0.29, 0.717) is 6.07 Å². The van der Waals surface area contributed by atoms with E-state index in [-0.39, 0.29) is 22.1 Å². The smallest absolute Gasteiger partial charge is 0.296 e. The summed E-state index contributed by atoms with van der Waals surface area (Å²) < 4.78 is 124. The average Bonchev–Trinajstić information content (AvgIpc) is 2.94. The molecule has 0 heterocycles. The number of hydrogen-bond acceptors (Lipinski definition) is 15. The van der Waals surface area contributed by atoms with Gasteiger partial charge in [0, 0.05) is 23.4 Å². The molecule has 0 unspecified atom stereocenters. The molecule has 0 saturated heterocycles. The summed E-state index contributed by atoms with van der Waals surface area (Å²) in [5, 5.41) is 27.6. The molecule has 0 radical (unpaired) electrons. The third-order valence-electron chi connectivity index (χ3n) is 6.02. The highest BCUT2D eigenvalue weighted by molar-refractivity contribution is 7.86. The molecule has 248 valence electrons. The van der Waals surface area contributed by atoms with Crippen LogP contribution >= 0.6 is 0 Å². The van der Waals surface area contributed by atoms with Gasteiger partial charge in [-0.1, -0.05) is 0 Å². The number of fused-ring (bicyclic) bond motifs is 1. The highest BCUT2D eigenvalue weighted by Gasteiger charge is 2.25. The maximum Gasteiger partial charge on any atom is 0.296 e. The fourth-order valence-corrected chi connectivity index (χ4v) is 6.45. The molecule has 0 saturated carbocycles. The number of aromatic hydroxyl groups is 1. The molecule has 19 nitrogen and oxygen atoms in total. The van der Waals surface area contributed by atoms with Crippen LogP contribution in [0.2, 0.25) is 0 Å². The van der Waals surface area contributed by atoms with Gasteiger partial charge in [-0.25, -0.2) is 8.42 Å². The number of phenolic OH excluding ortho intramolecular Hbond substituents is 1. The van der Waals surface area contributed by atoms with E-state index in [4.69, 9.17) is 5.73 Å². The van der Waals surface area contributed by atoms with E-state index in [9.17, 15) is 57.2 Å². The largest absolute Gasteiger partial charge is 0.505 e. The maximum absolute atomic E-state index is 12.4. The topological polar surface area (TPSA) is 322 Å². The number of nitrogens with zero attached hydrogens (tertiary/aromatic N) is 4. The molecule has 0 aromatic heterocycles. The molecule has 4 aromatic rings. The zero-order valence-corrected chi connectivity index (χ0v) is 26.5. The third kappa shape index (κ3) is 7.74. The molecule has 23 heteroatoms. The van der Waals surface area contributed by atoms with Gasteiger partial charge in [-0.3, -0.25) is 18.5 Å². The van der Waals surface area contributed by atoms with Crippen molar-refractivity contribution in [3.63, 3.8) is 0 Å². The summed E-state index contributed by atoms with van der Waals surface area (Å²) in [7, 11) is -18.5. The van der Waals surface area contributed by atoms with Crippen molar-refractivity contribution in [2.75, 3.05) is 11.1 Å². The van der Waals surface area contributed by atoms with Crippen LogP contribution in [0.1, 0.15) is 6.92 Å². The summed E-state index contributed by atoms with van der Waals surface area (Å²) in [5.74, 6) is -1.53. The summed E-state index contributed by atoms with van der Waals surface area (Å²) in [6.07, 6.45) is 0. The van der Waals surface area contributed by atoms with Crippen LogP contribution in [0.3, 0.4) is 0 Å². The molecule has 4 rings (SSSR count). The number of amides is 1. The Morgan fingerprint density at radius 1 is 0.702 bits per heavy atom. The number of hydrogen-bond donors (Lipinski definition) is 7. The summed E-state index contributed by atoms with van der Waals surface area (Å²) in [6.45, 7) is 1.14. The first kappa shape index (κ1) is 35.0. The van der Waals surface area contributed by atoms with Gasteiger partial charge in [0.2, 0.25) is 5.91 Å². The van der Waals surface area contributed by atoms with E-state index < -0.39 is 95.0 Å². The highest BCUT2D eigenvalue weighted by atomic mass is 32.2. The van der Waals surface area contributed by atoms with E-state index in [2.05, 4.69) is 25.8 Å². The number of anilines is 2. The SMILES string of the molecule is CC(=O)Nc1ccc(S(=O)(=O)O)c(N=Nc2c(S(=O)(=O)O)cc3c(N=Nc4ccc([SH](=O)=O)cc4S(=O)(=O)O)c(N)ccc3c2O)c1. The van der Waals surface area contributed by atoms with Crippen molar-refractivity contribution >= 4 is 91.9 Å². The molecule has 0 fully saturated rings. The number of nitrogen functional groups attached to an aromatic ring is 1. The maximum atomic E-state index is 12.4. The zero-order chi connectivity index (χ0) is 35.1. The predicted octanol–water partition coefficient (Wildman–Crippen LogP) is 3.63. The summed E-state index contributed by atoms with van der Waals surface area (Å²) in [4.78, 5) is 8.08. The number of benzene rings is 4. The fourth-order valence-electron chi connectivity index (χ4n) is 4.03. The van der Waals surface area contributed by atoms with Gasteiger partial charge in [0.1, 0.15) is 37.4 Å². The standard InChI is InChI=1S/C24H20N6O13S4/c1-11(31)26-12-2-7-19(45(35,36)37)18(8-12)28-30-23-21(47(41,42)43)10-15-14(24(23)32)4-5-16(25)22(15)29-27-17-6-3-13(44(33)34)9-20(17)46(38,39)40/h2-10,32,44H,25H2,1H3,(H,26,31)(H,35,36,37)(H,38,39,40)(H,41,42,43). The van der Waals surface area contributed by atoms with E-state index in [1.54, 1.807) is 0 Å². The average molecular weight is 729 g/mol. The van der Waals surface area contributed by atoms with Gasteiger partial charge >= 0.3 is 0 Å². The second kappa shape index (κ2) is 12.7. The lowest BCUT2D eigenvalue weighted by molar-refractivity contribution is -0.114. The van der Waals surface area contributed by atoms with Crippen LogP contribution in [-0.4, -0.2) is 58.3 Å². The number of rotatable bonds is 9. The van der Waals surface area contributed by atoms with Gasteiger partial charge in [-0.05, 0) is 54.6 Å². The van der Waals surface area contributed by atoms with E-state index in [1.165, 1.54) is 0 Å². The Hall–Kier alpha value is -4.91. The van der Waals surface area contributed by atoms with Gasteiger partial charge in [-0.15, -0.1) is 20.5 Å². The molecule has 0 aliphatic rings. The Labute approximate surface area is 266 Å². The zero-order valence-electron chi connectivity index (χ0n) is 23.2. The van der Waals surface area contributed by atoms with Crippen LogP contribution in [0, 0.1) is 0 Å². The fraction of sp³-hybridized carbons (Fsp3) is 0.0417. The Balaban J connectivity index is 1.96. The number of nitrogens with two attached hydrogens (primary N) is 1. The molecule has 0 aliphatic carbocycles. The number of phenols is 1. The Morgan fingerprint density at radius 3 is 1.87 bits per heavy atom. The second-order valence-corrected chi connectivity index (χ2v) is 14.5. The normalized spacial score (nSPS) is 12.8. The molecule has 0 aliphatic heterocycles. The summed E-state index contributed by atoms with van der Waals surface area (Å²) in [5.41, 5.74) is 3.25. The molecular weight excluding hydrogens is 709 g/mol. The first-order chi connectivity index (χ1) is 21.7. The van der Waals surface area contributed by atoms with Crippen molar-refractivity contribution in [1.29, 1.82) is 0 Å². The predicted molar refractivity (Wildman–Crippen MR) is 164 cm³/mol. The number of carbonyl (C=O) groups excluding carboxylic acids is 1. The lowest BCUT2D eigenvalue weighted by Gasteiger charge is -2.12. The van der Waals surface area contributed by atoms with E-state index >= 15 is 0 Å². The van der Waals surface area contributed by atoms with Gasteiger partial charge in [-0.2, -0.15) is 25.3 Å². The molecule has 47 heavy (non-hydrogen) atoms. The Bertz CT molecular complexity index is 2450. The van der Waals surface area contributed by atoms with Gasteiger partial charge in [0.05, 0.1) is 10.6 Å². The minimum Gasteiger partial charge on any atom is -0.505 e. The Morgan fingerprint density at radius 2 is 1.30 bits per heavy atom. The van der Waals surface area contributed by atoms with Crippen LogP contribution in [0.15, 0.2) is 94.6 Å². The molecule has 1 amide bonds. The number of nitrogens with one attached hydrogen (secondary N) is 1. The quantitative estimate of drug-likeness (QED) is 0.0560. The molecule has 0 atom stereocenters. The monoisotopic (exact) mass is 728 g/mol. The van der Waals surface area contributed by atoms with Crippen LogP contribution in [0.5, 0.6) is 5.75 Å². The summed E-state index contributed by atoms with van der Waals surface area (Å²) in [6, 6.07) is 8.45. The minimum atomic E-state index is -5.27. The van der Waals surface area contributed by atoms with Crippen LogP contribution in [0.4, 0.5) is 34.1 Å². The minimum absolute atomic E-state index is 0.00398. The van der Waals surface area contributed by atoms with Gasteiger partial charge < -0.3 is 16.2 Å². The van der Waals surface area contributed by atoms with Crippen LogP contribution in [0.25, 0.3) is 10.8 Å². The Kier molecular flexibility index (Phi) is 9.45. The van der Waals surface area contributed by atoms with Gasteiger partial charge in [0.15, 0.2) is 16.5 Å². The van der Waals surface area contributed by atoms with Crippen molar-refractivity contribution in [2.24, 2.45) is 20.5 Å². The van der Waals surface area contributed by atoms with Crippen LogP contribution < -0.4 is 11.1 Å². The van der Waals surface area contributed by atoms with Gasteiger partial charge in [0.25, 0.3) is 30.4 Å². The first-order valence-electron chi connectivity index (χ1n) is 12.2. The molecule has 0 bridgehead atoms. The van der Waals surface area contributed by atoms with E-state index in [1.807, 2.05) is 0 Å². The lowest BCUT2D eigenvalue weighted by atomic mass is 10.1. The highest BCUT2D eigenvalue weighted by Crippen LogP contribution is 2.46. The van der Waals surface area contributed by atoms with Crippen molar-refractivity contribution in [3.05, 3.63) is 54.6 Å². The lowest BCUT2D eigenvalue weighted by Crippen LogP contribution is -2.06. The van der Waals surface area contributed by atoms with Crippen molar-refractivity contribution < 1.29 is 57.2 Å². The molecule has 0 spiro atoms. The molecule has 7 N–H and O–H groups in total. The van der Waals surface area contributed by atoms with Crippen molar-refractivity contribution in [2.45, 2.75) is 26.5 Å². The van der Waals surface area contributed by atoms with E-state index in [0.717, 1.165) is 55.5 Å². The van der Waals surface area contributed by atoms with Crippen LogP contribution in [-0.2, 0) is 45.9 Å². The van der Waals surface area contributed by atoms with Crippen molar-refractivity contribution in [3.8, 4) is 5.75 Å². The number of azo groups is 2. The summed E-state index contributed by atoms with van der Waals surface area (Å²) >= 11 is 0. The molecule has 4 aromatic carbocycles. The first-order valence-corrected chi connectivity index (χ1v) is 17.7. The van der Waals surface area contributed by atoms with Crippen molar-refractivity contribution in [1.82, 2.24) is 0 Å². The second-order valence-electron chi connectivity index (χ2n) is 9.27. The third-order valence-corrected chi connectivity index (χ3v) is 9.37. The number of carbonyl (C=O) groups is 1. The molecular formula is C24H20N6O13S4. The number of thiol groups is 1.